The Bertz CT molecular complexity index is 226. The third-order valence-electron chi connectivity index (χ3n) is 4.31. The summed E-state index contributed by atoms with van der Waals surface area (Å²) in [6.07, 6.45) is 15.3. The Morgan fingerprint density at radius 2 is 2.12 bits per heavy atom. The van der Waals surface area contributed by atoms with Crippen molar-refractivity contribution in [2.24, 2.45) is 5.92 Å². The Labute approximate surface area is 101 Å². The van der Waals surface area contributed by atoms with Gasteiger partial charge in [0, 0.05) is 6.04 Å². The minimum absolute atomic E-state index is 0.702. The molecule has 0 spiro atoms. The first kappa shape index (κ1) is 12.2. The van der Waals surface area contributed by atoms with Crippen molar-refractivity contribution >= 4 is 0 Å². The Kier molecular flexibility index (Phi) is 4.90. The molecule has 0 amide bonds. The minimum Gasteiger partial charge on any atom is -0.311 e. The highest BCUT2D eigenvalue weighted by atomic mass is 14.9. The smallest absolute Gasteiger partial charge is 0.0279 e. The van der Waals surface area contributed by atoms with Gasteiger partial charge in [-0.2, -0.15) is 0 Å². The van der Waals surface area contributed by atoms with Crippen molar-refractivity contribution in [3.63, 3.8) is 0 Å². The first-order valence-corrected chi connectivity index (χ1v) is 7.32. The van der Waals surface area contributed by atoms with Gasteiger partial charge in [0.1, 0.15) is 0 Å². The van der Waals surface area contributed by atoms with E-state index in [1.165, 1.54) is 57.8 Å². The Morgan fingerprint density at radius 3 is 2.75 bits per heavy atom. The summed E-state index contributed by atoms with van der Waals surface area (Å²) < 4.78 is 0. The van der Waals surface area contributed by atoms with Crippen molar-refractivity contribution in [2.75, 3.05) is 6.54 Å². The lowest BCUT2D eigenvalue weighted by Gasteiger charge is -2.21. The first-order chi connectivity index (χ1) is 7.90. The molecule has 2 rings (SSSR count). The zero-order valence-corrected chi connectivity index (χ0v) is 10.8. The van der Waals surface area contributed by atoms with Gasteiger partial charge < -0.3 is 5.32 Å². The second-order valence-corrected chi connectivity index (χ2v) is 5.51. The fourth-order valence-corrected chi connectivity index (χ4v) is 3.38. The van der Waals surface area contributed by atoms with E-state index in [0.29, 0.717) is 6.04 Å². The SMILES string of the molecule is CCNC(CCC1CCCC1)C1=CCCC1. The molecule has 0 aromatic carbocycles. The van der Waals surface area contributed by atoms with Crippen LogP contribution < -0.4 is 5.32 Å². The number of nitrogens with one attached hydrogen (secondary N) is 1. The summed E-state index contributed by atoms with van der Waals surface area (Å²) in [5, 5.41) is 3.68. The van der Waals surface area contributed by atoms with Crippen molar-refractivity contribution in [1.82, 2.24) is 5.32 Å². The highest BCUT2D eigenvalue weighted by Gasteiger charge is 2.20. The molecule has 1 N–H and O–H groups in total. The maximum atomic E-state index is 3.68. The molecule has 0 heterocycles. The number of allylic oxidation sites excluding steroid dienone is 1. The molecule has 0 bridgehead atoms. The lowest BCUT2D eigenvalue weighted by molar-refractivity contribution is 0.431. The van der Waals surface area contributed by atoms with Gasteiger partial charge in [0.25, 0.3) is 0 Å². The number of hydrogen-bond acceptors (Lipinski definition) is 1. The average Bonchev–Trinajstić information content (AvgIpc) is 2.96. The second-order valence-electron chi connectivity index (χ2n) is 5.51. The van der Waals surface area contributed by atoms with Crippen molar-refractivity contribution in [2.45, 2.75) is 70.8 Å². The molecule has 92 valence electrons. The summed E-state index contributed by atoms with van der Waals surface area (Å²) in [4.78, 5) is 0. The second kappa shape index (κ2) is 6.44. The van der Waals surface area contributed by atoms with Crippen LogP contribution in [0.4, 0.5) is 0 Å². The van der Waals surface area contributed by atoms with Crippen molar-refractivity contribution in [1.29, 1.82) is 0 Å². The van der Waals surface area contributed by atoms with Gasteiger partial charge in [0.15, 0.2) is 0 Å². The molecular formula is C15H27N. The van der Waals surface area contributed by atoms with E-state index in [-0.39, 0.29) is 0 Å². The maximum absolute atomic E-state index is 3.68. The molecule has 1 heteroatoms. The van der Waals surface area contributed by atoms with Crippen molar-refractivity contribution < 1.29 is 0 Å². The molecule has 0 radical (unpaired) electrons. The van der Waals surface area contributed by atoms with E-state index < -0.39 is 0 Å². The van der Waals surface area contributed by atoms with E-state index in [9.17, 15) is 0 Å². The van der Waals surface area contributed by atoms with Crippen LogP contribution in [0.15, 0.2) is 11.6 Å². The Morgan fingerprint density at radius 1 is 1.31 bits per heavy atom. The van der Waals surface area contributed by atoms with Crippen LogP contribution >= 0.6 is 0 Å². The molecule has 1 nitrogen and oxygen atoms in total. The van der Waals surface area contributed by atoms with E-state index >= 15 is 0 Å². The quantitative estimate of drug-likeness (QED) is 0.667. The zero-order valence-electron chi connectivity index (χ0n) is 10.8. The topological polar surface area (TPSA) is 12.0 Å². The fraction of sp³-hybridized carbons (Fsp3) is 0.867. The van der Waals surface area contributed by atoms with Crippen LogP contribution in [0.5, 0.6) is 0 Å². The van der Waals surface area contributed by atoms with Crippen LogP contribution in [0.1, 0.15) is 64.7 Å². The van der Waals surface area contributed by atoms with Gasteiger partial charge in [-0.3, -0.25) is 0 Å². The van der Waals surface area contributed by atoms with E-state index in [4.69, 9.17) is 0 Å². The van der Waals surface area contributed by atoms with Crippen LogP contribution in [0.2, 0.25) is 0 Å². The molecule has 0 aliphatic heterocycles. The summed E-state index contributed by atoms with van der Waals surface area (Å²) >= 11 is 0. The summed E-state index contributed by atoms with van der Waals surface area (Å²) in [5.41, 5.74) is 1.71. The minimum atomic E-state index is 0.702. The number of hydrogen-bond donors (Lipinski definition) is 1. The third-order valence-corrected chi connectivity index (χ3v) is 4.31. The van der Waals surface area contributed by atoms with Crippen LogP contribution in [0, 0.1) is 5.92 Å². The predicted octanol–water partition coefficient (Wildman–Crippen LogP) is 4.05. The molecule has 1 atom stereocenters. The molecule has 1 saturated carbocycles. The lowest BCUT2D eigenvalue weighted by Crippen LogP contribution is -2.30. The van der Waals surface area contributed by atoms with Gasteiger partial charge in [-0.1, -0.05) is 44.3 Å². The van der Waals surface area contributed by atoms with Crippen molar-refractivity contribution in [3.8, 4) is 0 Å². The molecule has 16 heavy (non-hydrogen) atoms. The largest absolute Gasteiger partial charge is 0.311 e. The summed E-state index contributed by atoms with van der Waals surface area (Å²) in [7, 11) is 0. The van der Waals surface area contributed by atoms with Crippen molar-refractivity contribution in [3.05, 3.63) is 11.6 Å². The fourth-order valence-electron chi connectivity index (χ4n) is 3.38. The number of rotatable bonds is 6. The molecule has 0 aromatic rings. The molecule has 2 aliphatic rings. The summed E-state index contributed by atoms with van der Waals surface area (Å²) in [6, 6.07) is 0.702. The van der Waals surface area contributed by atoms with E-state index in [2.05, 4.69) is 18.3 Å². The summed E-state index contributed by atoms with van der Waals surface area (Å²) in [5.74, 6) is 1.04. The van der Waals surface area contributed by atoms with Crippen LogP contribution in [0.3, 0.4) is 0 Å². The molecule has 1 unspecified atom stereocenters. The average molecular weight is 221 g/mol. The van der Waals surface area contributed by atoms with Crippen LogP contribution in [-0.4, -0.2) is 12.6 Å². The van der Waals surface area contributed by atoms with Gasteiger partial charge >= 0.3 is 0 Å². The molecule has 0 saturated heterocycles. The normalized spacial score (nSPS) is 23.7. The van der Waals surface area contributed by atoms with E-state index in [1.54, 1.807) is 5.57 Å². The molecule has 2 aliphatic carbocycles. The van der Waals surface area contributed by atoms with Crippen LogP contribution in [-0.2, 0) is 0 Å². The monoisotopic (exact) mass is 221 g/mol. The Balaban J connectivity index is 1.77. The molecule has 1 fully saturated rings. The van der Waals surface area contributed by atoms with Gasteiger partial charge in [0.2, 0.25) is 0 Å². The predicted molar refractivity (Wildman–Crippen MR) is 70.6 cm³/mol. The Hall–Kier alpha value is -0.300. The van der Waals surface area contributed by atoms with Gasteiger partial charge in [0.05, 0.1) is 0 Å². The first-order valence-electron chi connectivity index (χ1n) is 7.32. The molecular weight excluding hydrogens is 194 g/mol. The highest BCUT2D eigenvalue weighted by molar-refractivity contribution is 5.15. The molecule has 0 aromatic heterocycles. The lowest BCUT2D eigenvalue weighted by atomic mass is 9.94. The standard InChI is InChI=1S/C15H27N/c1-2-16-15(14-9-5-6-10-14)12-11-13-7-3-4-8-13/h9,13,15-16H,2-8,10-12H2,1H3. The van der Waals surface area contributed by atoms with Gasteiger partial charge in [-0.05, 0) is 44.6 Å². The zero-order chi connectivity index (χ0) is 11.2. The summed E-state index contributed by atoms with van der Waals surface area (Å²) in [6.45, 7) is 3.35. The van der Waals surface area contributed by atoms with E-state index in [0.717, 1.165) is 12.5 Å². The van der Waals surface area contributed by atoms with Gasteiger partial charge in [-0.15, -0.1) is 0 Å². The third kappa shape index (κ3) is 3.35. The van der Waals surface area contributed by atoms with Gasteiger partial charge in [-0.25, -0.2) is 0 Å². The maximum Gasteiger partial charge on any atom is 0.0279 e. The number of likely N-dealkylation sites (N-methyl/N-ethyl adjacent to an activating group) is 1. The van der Waals surface area contributed by atoms with E-state index in [1.807, 2.05) is 0 Å². The highest BCUT2D eigenvalue weighted by Crippen LogP contribution is 2.31. The van der Waals surface area contributed by atoms with Crippen LogP contribution in [0.25, 0.3) is 0 Å².